The van der Waals surface area contributed by atoms with E-state index in [4.69, 9.17) is 0 Å². The van der Waals surface area contributed by atoms with E-state index in [9.17, 15) is 0 Å². The molecule has 18 heavy (non-hydrogen) atoms. The minimum absolute atomic E-state index is 0.466. The molecule has 0 fully saturated rings. The topological polar surface area (TPSA) is 12.0 Å². The van der Waals surface area contributed by atoms with Gasteiger partial charge in [0.25, 0.3) is 0 Å². The van der Waals surface area contributed by atoms with Gasteiger partial charge >= 0.3 is 0 Å². The Labute approximate surface area is 114 Å². The normalized spacial score (nSPS) is 12.8. The van der Waals surface area contributed by atoms with Crippen LogP contribution in [0.5, 0.6) is 0 Å². The van der Waals surface area contributed by atoms with Crippen LogP contribution >= 0.6 is 11.8 Å². The number of hydrogen-bond donors (Lipinski definition) is 1. The third-order valence-electron chi connectivity index (χ3n) is 3.26. The summed E-state index contributed by atoms with van der Waals surface area (Å²) < 4.78 is 0. The molecule has 0 heterocycles. The molecule has 0 amide bonds. The van der Waals surface area contributed by atoms with E-state index in [1.807, 2.05) is 11.8 Å². The largest absolute Gasteiger partial charge is 0.310 e. The molecule has 0 saturated heterocycles. The first-order valence-electron chi connectivity index (χ1n) is 6.56. The Morgan fingerprint density at radius 1 is 1.11 bits per heavy atom. The Kier molecular flexibility index (Phi) is 5.09. The minimum atomic E-state index is 0.466. The second kappa shape index (κ2) is 6.81. The first-order chi connectivity index (χ1) is 8.86. The second-order valence-electron chi connectivity index (χ2n) is 4.46. The van der Waals surface area contributed by atoms with Crippen LogP contribution in [-0.2, 0) is 0 Å². The molecule has 0 spiro atoms. The molecule has 1 unspecified atom stereocenters. The van der Waals surface area contributed by atoms with Gasteiger partial charge in [-0.2, -0.15) is 11.8 Å². The molecular weight excluding hydrogens is 238 g/mol. The van der Waals surface area contributed by atoms with Gasteiger partial charge in [0.2, 0.25) is 0 Å². The van der Waals surface area contributed by atoms with Crippen LogP contribution in [-0.4, -0.2) is 18.6 Å². The molecule has 1 N–H and O–H groups in total. The van der Waals surface area contributed by atoms with Gasteiger partial charge in [0.15, 0.2) is 0 Å². The highest BCUT2D eigenvalue weighted by molar-refractivity contribution is 7.98. The van der Waals surface area contributed by atoms with Gasteiger partial charge < -0.3 is 5.32 Å². The third kappa shape index (κ3) is 3.06. The molecule has 0 radical (unpaired) electrons. The van der Waals surface area contributed by atoms with Gasteiger partial charge in [-0.3, -0.25) is 0 Å². The van der Waals surface area contributed by atoms with E-state index in [2.05, 4.69) is 61.0 Å². The van der Waals surface area contributed by atoms with Crippen LogP contribution in [0.3, 0.4) is 0 Å². The molecule has 0 aliphatic rings. The predicted molar refractivity (Wildman–Crippen MR) is 83.4 cm³/mol. The number of nitrogens with one attached hydrogen (secondary N) is 1. The highest BCUT2D eigenvalue weighted by Gasteiger charge is 2.12. The van der Waals surface area contributed by atoms with Gasteiger partial charge in [0.05, 0.1) is 0 Å². The SMILES string of the molecule is CCNC(CCSC)c1cccc2ccccc12. The smallest absolute Gasteiger partial charge is 0.0334 e. The van der Waals surface area contributed by atoms with E-state index >= 15 is 0 Å². The summed E-state index contributed by atoms with van der Waals surface area (Å²) >= 11 is 1.92. The third-order valence-corrected chi connectivity index (χ3v) is 3.90. The van der Waals surface area contributed by atoms with Crippen LogP contribution in [0.15, 0.2) is 42.5 Å². The van der Waals surface area contributed by atoms with Gasteiger partial charge in [-0.15, -0.1) is 0 Å². The molecule has 2 heteroatoms. The Morgan fingerprint density at radius 3 is 2.67 bits per heavy atom. The lowest BCUT2D eigenvalue weighted by Gasteiger charge is -2.20. The maximum Gasteiger partial charge on any atom is 0.0334 e. The summed E-state index contributed by atoms with van der Waals surface area (Å²) in [6.07, 6.45) is 3.36. The van der Waals surface area contributed by atoms with E-state index in [0.29, 0.717) is 6.04 Å². The maximum absolute atomic E-state index is 3.61. The molecule has 2 rings (SSSR count). The van der Waals surface area contributed by atoms with Crippen LogP contribution in [0.1, 0.15) is 24.9 Å². The lowest BCUT2D eigenvalue weighted by atomic mass is 9.97. The fourth-order valence-electron chi connectivity index (χ4n) is 2.40. The molecule has 0 aliphatic heterocycles. The maximum atomic E-state index is 3.61. The van der Waals surface area contributed by atoms with Gasteiger partial charge in [-0.1, -0.05) is 49.4 Å². The van der Waals surface area contributed by atoms with Crippen molar-refractivity contribution in [1.82, 2.24) is 5.32 Å². The Hall–Kier alpha value is -0.990. The van der Waals surface area contributed by atoms with Crippen molar-refractivity contribution < 1.29 is 0 Å². The molecule has 1 atom stereocenters. The zero-order valence-corrected chi connectivity index (χ0v) is 12.0. The van der Waals surface area contributed by atoms with E-state index in [1.165, 1.54) is 28.5 Å². The average molecular weight is 259 g/mol. The fourth-order valence-corrected chi connectivity index (χ4v) is 2.88. The predicted octanol–water partition coefficient (Wildman–Crippen LogP) is 4.24. The van der Waals surface area contributed by atoms with Gasteiger partial charge in [-0.25, -0.2) is 0 Å². The standard InChI is InChI=1S/C16H21NS/c1-3-17-16(11-12-18-2)15-10-6-8-13-7-4-5-9-14(13)15/h4-10,16-17H,3,11-12H2,1-2H3. The van der Waals surface area contributed by atoms with Crippen molar-refractivity contribution in [2.24, 2.45) is 0 Å². The minimum Gasteiger partial charge on any atom is -0.310 e. The molecule has 1 nitrogen and oxygen atoms in total. The van der Waals surface area contributed by atoms with Crippen LogP contribution < -0.4 is 5.32 Å². The first kappa shape index (κ1) is 13.4. The van der Waals surface area contributed by atoms with E-state index in [-0.39, 0.29) is 0 Å². The number of rotatable bonds is 6. The zero-order valence-electron chi connectivity index (χ0n) is 11.1. The fraction of sp³-hybridized carbons (Fsp3) is 0.375. The molecule has 96 valence electrons. The van der Waals surface area contributed by atoms with Crippen molar-refractivity contribution in [3.8, 4) is 0 Å². The Bertz CT molecular complexity index is 490. The lowest BCUT2D eigenvalue weighted by molar-refractivity contribution is 0.544. The average Bonchev–Trinajstić information content (AvgIpc) is 2.43. The van der Waals surface area contributed by atoms with Crippen molar-refractivity contribution in [3.05, 3.63) is 48.0 Å². The highest BCUT2D eigenvalue weighted by atomic mass is 32.2. The lowest BCUT2D eigenvalue weighted by Crippen LogP contribution is -2.21. The van der Waals surface area contributed by atoms with Crippen LogP contribution in [0, 0.1) is 0 Å². The van der Waals surface area contributed by atoms with Crippen molar-refractivity contribution in [3.63, 3.8) is 0 Å². The van der Waals surface area contributed by atoms with Crippen LogP contribution in [0.4, 0.5) is 0 Å². The summed E-state index contributed by atoms with van der Waals surface area (Å²) in [4.78, 5) is 0. The Morgan fingerprint density at radius 2 is 1.89 bits per heavy atom. The molecule has 2 aromatic carbocycles. The molecular formula is C16H21NS. The molecule has 0 aromatic heterocycles. The number of hydrogen-bond acceptors (Lipinski definition) is 2. The van der Waals surface area contributed by atoms with Gasteiger partial charge in [0, 0.05) is 6.04 Å². The van der Waals surface area contributed by atoms with Gasteiger partial charge in [-0.05, 0) is 41.3 Å². The van der Waals surface area contributed by atoms with Gasteiger partial charge in [0.1, 0.15) is 0 Å². The van der Waals surface area contributed by atoms with E-state index < -0.39 is 0 Å². The summed E-state index contributed by atoms with van der Waals surface area (Å²) in [6.45, 7) is 3.19. The molecule has 0 bridgehead atoms. The van der Waals surface area contributed by atoms with Crippen molar-refractivity contribution in [2.75, 3.05) is 18.6 Å². The van der Waals surface area contributed by atoms with Crippen molar-refractivity contribution >= 4 is 22.5 Å². The van der Waals surface area contributed by atoms with Crippen molar-refractivity contribution in [2.45, 2.75) is 19.4 Å². The molecule has 0 saturated carbocycles. The summed E-state index contributed by atoms with van der Waals surface area (Å²) in [7, 11) is 0. The number of benzene rings is 2. The van der Waals surface area contributed by atoms with E-state index in [0.717, 1.165) is 6.54 Å². The summed E-state index contributed by atoms with van der Waals surface area (Å²) in [5.41, 5.74) is 1.43. The monoisotopic (exact) mass is 259 g/mol. The van der Waals surface area contributed by atoms with Crippen molar-refractivity contribution in [1.29, 1.82) is 0 Å². The summed E-state index contributed by atoms with van der Waals surface area (Å²) in [5.74, 6) is 1.20. The Balaban J connectivity index is 2.36. The highest BCUT2D eigenvalue weighted by Crippen LogP contribution is 2.26. The first-order valence-corrected chi connectivity index (χ1v) is 7.96. The summed E-state index contributed by atoms with van der Waals surface area (Å²) in [6, 6.07) is 15.7. The molecule has 0 aliphatic carbocycles. The number of fused-ring (bicyclic) bond motifs is 1. The second-order valence-corrected chi connectivity index (χ2v) is 5.45. The molecule has 2 aromatic rings. The van der Waals surface area contributed by atoms with Crippen LogP contribution in [0.2, 0.25) is 0 Å². The zero-order chi connectivity index (χ0) is 12.8. The summed E-state index contributed by atoms with van der Waals surface area (Å²) in [5, 5.41) is 6.33. The van der Waals surface area contributed by atoms with Crippen LogP contribution in [0.25, 0.3) is 10.8 Å². The van der Waals surface area contributed by atoms with E-state index in [1.54, 1.807) is 0 Å². The quantitative estimate of drug-likeness (QED) is 0.832. The number of thioether (sulfide) groups is 1.